The van der Waals surface area contributed by atoms with Gasteiger partial charge in [0.25, 0.3) is 11.5 Å². The minimum atomic E-state index is -0.172. The summed E-state index contributed by atoms with van der Waals surface area (Å²) in [6, 6.07) is 13.1. The molecule has 0 bridgehead atoms. The van der Waals surface area contributed by atoms with Crippen LogP contribution in [0.1, 0.15) is 45.5 Å². The molecule has 0 aliphatic carbocycles. The minimum Gasteiger partial charge on any atom is -0.334 e. The van der Waals surface area contributed by atoms with Gasteiger partial charge < -0.3 is 9.47 Å². The number of aryl methyl sites for hydroxylation is 4. The van der Waals surface area contributed by atoms with E-state index in [9.17, 15) is 9.59 Å². The van der Waals surface area contributed by atoms with Crippen LogP contribution >= 0.6 is 15.9 Å². The molecule has 2 aromatic carbocycles. The summed E-state index contributed by atoms with van der Waals surface area (Å²) in [5.41, 5.74) is 6.76. The van der Waals surface area contributed by atoms with E-state index in [1.54, 1.807) is 20.5 Å². The highest BCUT2D eigenvalue weighted by Gasteiger charge is 2.32. The van der Waals surface area contributed by atoms with Gasteiger partial charge in [0.1, 0.15) is 0 Å². The summed E-state index contributed by atoms with van der Waals surface area (Å²) in [5.74, 6) is 0.309. The van der Waals surface area contributed by atoms with Crippen molar-refractivity contribution in [3.63, 3.8) is 0 Å². The highest BCUT2D eigenvalue weighted by Crippen LogP contribution is 2.26. The van der Waals surface area contributed by atoms with Gasteiger partial charge in [-0.3, -0.25) is 9.59 Å². The monoisotopic (exact) mass is 585 g/mol. The molecule has 198 valence electrons. The first-order valence-corrected chi connectivity index (χ1v) is 13.6. The van der Waals surface area contributed by atoms with E-state index in [0.717, 1.165) is 32.5 Å². The van der Waals surface area contributed by atoms with Gasteiger partial charge in [-0.25, -0.2) is 19.2 Å². The molecular weight excluding hydrogens is 558 g/mol. The van der Waals surface area contributed by atoms with E-state index in [2.05, 4.69) is 26.0 Å². The maximum atomic E-state index is 14.2. The van der Waals surface area contributed by atoms with Crippen LogP contribution in [0.3, 0.4) is 0 Å². The van der Waals surface area contributed by atoms with Crippen LogP contribution < -0.4 is 5.56 Å². The number of rotatable bonds is 3. The normalized spacial score (nSPS) is 15.1. The summed E-state index contributed by atoms with van der Waals surface area (Å²) < 4.78 is 6.21. The van der Waals surface area contributed by atoms with Crippen LogP contribution in [0.4, 0.5) is 0 Å². The molecular formula is C29H28BrN7O2. The van der Waals surface area contributed by atoms with Crippen molar-refractivity contribution in [1.82, 2.24) is 33.8 Å². The van der Waals surface area contributed by atoms with Crippen LogP contribution in [0.5, 0.6) is 0 Å². The number of carbonyl (C=O) groups excluding carboxylic acids is 1. The van der Waals surface area contributed by atoms with Crippen molar-refractivity contribution in [3.8, 4) is 11.6 Å². The lowest BCUT2D eigenvalue weighted by Gasteiger charge is -2.34. The van der Waals surface area contributed by atoms with E-state index in [-0.39, 0.29) is 24.1 Å². The Kier molecular flexibility index (Phi) is 6.02. The van der Waals surface area contributed by atoms with Crippen molar-refractivity contribution in [2.45, 2.75) is 46.7 Å². The van der Waals surface area contributed by atoms with E-state index >= 15 is 0 Å². The number of benzene rings is 2. The van der Waals surface area contributed by atoms with E-state index in [1.165, 1.54) is 0 Å². The quantitative estimate of drug-likeness (QED) is 0.309. The molecule has 0 spiro atoms. The Morgan fingerprint density at radius 2 is 1.87 bits per heavy atom. The third kappa shape index (κ3) is 4.19. The molecule has 0 saturated carbocycles. The van der Waals surface area contributed by atoms with Crippen molar-refractivity contribution in [2.24, 2.45) is 7.05 Å². The highest BCUT2D eigenvalue weighted by molar-refractivity contribution is 9.10. The van der Waals surface area contributed by atoms with Gasteiger partial charge in [0, 0.05) is 34.4 Å². The number of halogens is 1. The summed E-state index contributed by atoms with van der Waals surface area (Å²) in [6.45, 7) is 8.03. The largest absolute Gasteiger partial charge is 0.334 e. The smallest absolute Gasteiger partial charge is 0.263 e. The highest BCUT2D eigenvalue weighted by atomic mass is 79.9. The van der Waals surface area contributed by atoms with Gasteiger partial charge in [-0.15, -0.1) is 0 Å². The molecule has 1 amide bonds. The van der Waals surface area contributed by atoms with Gasteiger partial charge in [0.15, 0.2) is 0 Å². The molecule has 1 aliphatic heterocycles. The van der Waals surface area contributed by atoms with Gasteiger partial charge in [-0.2, -0.15) is 5.10 Å². The summed E-state index contributed by atoms with van der Waals surface area (Å²) >= 11 is 3.51. The maximum Gasteiger partial charge on any atom is 0.263 e. The Hall–Kier alpha value is -4.05. The number of fused-ring (bicyclic) bond motifs is 2. The molecule has 9 nitrogen and oxygen atoms in total. The van der Waals surface area contributed by atoms with Crippen molar-refractivity contribution in [2.75, 3.05) is 0 Å². The first kappa shape index (κ1) is 25.2. The Bertz CT molecular complexity index is 1850. The molecule has 39 heavy (non-hydrogen) atoms. The lowest BCUT2D eigenvalue weighted by molar-refractivity contribution is 0.0652. The van der Waals surface area contributed by atoms with Crippen LogP contribution in [-0.2, 0) is 20.0 Å². The maximum absolute atomic E-state index is 14.2. The number of imidazole rings is 1. The van der Waals surface area contributed by atoms with Crippen LogP contribution in [0.2, 0.25) is 0 Å². The second-order valence-electron chi connectivity index (χ2n) is 10.3. The number of hydrogen-bond acceptors (Lipinski definition) is 5. The number of aromatic nitrogens is 6. The number of nitrogens with zero attached hydrogens (tertiary/aromatic N) is 7. The second kappa shape index (κ2) is 9.30. The van der Waals surface area contributed by atoms with Gasteiger partial charge in [0.2, 0.25) is 5.95 Å². The Balaban J connectivity index is 1.51. The third-order valence-corrected chi connectivity index (χ3v) is 8.32. The fraction of sp³-hybridized carbons (Fsp3) is 0.276. The van der Waals surface area contributed by atoms with Gasteiger partial charge in [-0.1, -0.05) is 15.9 Å². The van der Waals surface area contributed by atoms with Crippen molar-refractivity contribution in [1.29, 1.82) is 0 Å². The molecule has 4 heterocycles. The molecule has 0 saturated heterocycles. The van der Waals surface area contributed by atoms with Crippen LogP contribution in [-0.4, -0.2) is 45.7 Å². The summed E-state index contributed by atoms with van der Waals surface area (Å²) in [6.07, 6.45) is 2.16. The first-order valence-electron chi connectivity index (χ1n) is 12.8. The van der Waals surface area contributed by atoms with E-state index in [0.29, 0.717) is 34.9 Å². The molecule has 3 aromatic heterocycles. The first-order chi connectivity index (χ1) is 18.6. The lowest BCUT2D eigenvalue weighted by Crippen LogP contribution is -2.46. The minimum absolute atomic E-state index is 0.0806. The Labute approximate surface area is 233 Å². The molecule has 10 heteroatoms. The van der Waals surface area contributed by atoms with Gasteiger partial charge >= 0.3 is 0 Å². The molecule has 0 radical (unpaired) electrons. The summed E-state index contributed by atoms with van der Waals surface area (Å²) in [4.78, 5) is 39.1. The second-order valence-corrected chi connectivity index (χ2v) is 11.1. The molecule has 6 rings (SSSR count). The van der Waals surface area contributed by atoms with Crippen molar-refractivity contribution >= 4 is 32.9 Å². The zero-order valence-electron chi connectivity index (χ0n) is 22.4. The van der Waals surface area contributed by atoms with Crippen molar-refractivity contribution < 1.29 is 4.79 Å². The standard InChI is InChI=1S/C29H28BrN7O2/c1-16-10-20(6-8-23(16)30)27(38)35-14-25-22(12-18(35)3)28(39)36(29(32-25)37-19(4)11-17(2)33-37)21-7-9-26-24(13-21)31-15-34(26)5/h6-11,13,15,18H,12,14H2,1-5H3. The fourth-order valence-electron chi connectivity index (χ4n) is 5.33. The SMILES string of the molecule is Cc1cc(C)n(-c2nc3c(c(=O)n2-c2ccc4c(c2)ncn4C)CC(C)N(C(=O)c2ccc(Br)c(C)c2)C3)n1. The Morgan fingerprint density at radius 1 is 1.08 bits per heavy atom. The number of carbonyl (C=O) groups is 1. The third-order valence-electron chi connectivity index (χ3n) is 7.43. The zero-order valence-corrected chi connectivity index (χ0v) is 24.0. The molecule has 1 atom stereocenters. The summed E-state index contributed by atoms with van der Waals surface area (Å²) in [7, 11) is 1.94. The fourth-order valence-corrected chi connectivity index (χ4v) is 5.58. The molecule has 0 fully saturated rings. The van der Waals surface area contributed by atoms with Crippen molar-refractivity contribution in [3.05, 3.63) is 97.4 Å². The van der Waals surface area contributed by atoms with Gasteiger partial charge in [-0.05, 0) is 82.1 Å². The van der Waals surface area contributed by atoms with Crippen LogP contribution in [0, 0.1) is 20.8 Å². The predicted molar refractivity (Wildman–Crippen MR) is 153 cm³/mol. The molecule has 1 unspecified atom stereocenters. The van der Waals surface area contributed by atoms with E-state index < -0.39 is 0 Å². The zero-order chi connectivity index (χ0) is 27.6. The van der Waals surface area contributed by atoms with Crippen LogP contribution in [0.15, 0.2) is 58.1 Å². The average molecular weight is 586 g/mol. The topological polar surface area (TPSA) is 90.8 Å². The predicted octanol–water partition coefficient (Wildman–Crippen LogP) is 4.58. The van der Waals surface area contributed by atoms with Crippen LogP contribution in [0.25, 0.3) is 22.7 Å². The Morgan fingerprint density at radius 3 is 2.59 bits per heavy atom. The van der Waals surface area contributed by atoms with Gasteiger partial charge in [0.05, 0.1) is 41.0 Å². The molecule has 1 aliphatic rings. The molecule has 0 N–H and O–H groups in total. The number of amides is 1. The van der Waals surface area contributed by atoms with E-state index in [4.69, 9.17) is 4.98 Å². The average Bonchev–Trinajstić information content (AvgIpc) is 3.45. The lowest BCUT2D eigenvalue weighted by atomic mass is 9.98. The summed E-state index contributed by atoms with van der Waals surface area (Å²) in [5, 5.41) is 4.65. The number of hydrogen-bond donors (Lipinski definition) is 0. The molecule has 5 aromatic rings. The van der Waals surface area contributed by atoms with E-state index in [1.807, 2.05) is 81.8 Å².